The number of nitrogens with zero attached hydrogens (tertiary/aromatic N) is 2. The van der Waals surface area contributed by atoms with Crippen LogP contribution in [0.15, 0.2) is 60.7 Å². The van der Waals surface area contributed by atoms with Crippen molar-refractivity contribution in [3.63, 3.8) is 0 Å². The van der Waals surface area contributed by atoms with Crippen molar-refractivity contribution in [2.24, 2.45) is 0 Å². The predicted molar refractivity (Wildman–Crippen MR) is 121 cm³/mol. The molecule has 32 heavy (non-hydrogen) atoms. The van der Waals surface area contributed by atoms with Crippen LogP contribution in [-0.4, -0.2) is 48.8 Å². The minimum atomic E-state index is -4.15. The summed E-state index contributed by atoms with van der Waals surface area (Å²) in [7, 11) is -4.15. The number of nitro groups is 1. The lowest BCUT2D eigenvalue weighted by atomic mass is 10.1. The monoisotopic (exact) mass is 458 g/mol. The van der Waals surface area contributed by atoms with E-state index in [0.717, 1.165) is 5.56 Å². The molecule has 10 heteroatoms. The molecule has 1 aliphatic rings. The van der Waals surface area contributed by atoms with Crippen LogP contribution in [0.5, 0.6) is 0 Å². The van der Waals surface area contributed by atoms with Crippen LogP contribution >= 0.6 is 0 Å². The summed E-state index contributed by atoms with van der Waals surface area (Å²) in [6.45, 7) is 1.79. The maximum atomic E-state index is 13.0. The molecule has 0 fully saturated rings. The standard InChI is InChI=1S/C22H22N2O7S/c1-16(15-32(28,29)30)31-14-13-23-21-12-5-3-9-18(21)19(22(23)25)10-6-8-17-7-2-4-11-20(17)24(26)27/h2-12,16H,13-15H2,1H3,(H,28,29,30). The molecule has 2 aromatic rings. The van der Waals surface area contributed by atoms with E-state index in [1.165, 1.54) is 17.9 Å². The Labute approximate surface area is 185 Å². The number of amides is 1. The Balaban J connectivity index is 1.76. The number of carbonyl (C=O) groups is 1. The lowest BCUT2D eigenvalue weighted by Gasteiger charge is -2.18. The van der Waals surface area contributed by atoms with E-state index in [1.807, 2.05) is 0 Å². The first-order valence-corrected chi connectivity index (χ1v) is 11.4. The van der Waals surface area contributed by atoms with Gasteiger partial charge in [-0.05, 0) is 31.2 Å². The number of para-hydroxylation sites is 2. The molecule has 2 aromatic carbocycles. The van der Waals surface area contributed by atoms with E-state index in [-0.39, 0.29) is 24.7 Å². The first-order chi connectivity index (χ1) is 15.2. The van der Waals surface area contributed by atoms with Gasteiger partial charge >= 0.3 is 0 Å². The predicted octanol–water partition coefficient (Wildman–Crippen LogP) is 3.33. The molecule has 1 unspecified atom stereocenters. The van der Waals surface area contributed by atoms with Crippen molar-refractivity contribution < 1.29 is 27.4 Å². The quantitative estimate of drug-likeness (QED) is 0.264. The molecule has 1 aliphatic heterocycles. The van der Waals surface area contributed by atoms with Gasteiger partial charge in [-0.25, -0.2) is 0 Å². The Kier molecular flexibility index (Phi) is 7.18. The van der Waals surface area contributed by atoms with Gasteiger partial charge in [-0.2, -0.15) is 8.42 Å². The van der Waals surface area contributed by atoms with Crippen molar-refractivity contribution in [3.8, 4) is 0 Å². The van der Waals surface area contributed by atoms with Gasteiger partial charge in [0.1, 0.15) is 5.75 Å². The molecule has 1 N–H and O–H groups in total. The highest BCUT2D eigenvalue weighted by Crippen LogP contribution is 2.36. The van der Waals surface area contributed by atoms with Gasteiger partial charge in [0.2, 0.25) is 0 Å². The molecular formula is C22H22N2O7S. The minimum absolute atomic E-state index is 0.0295. The van der Waals surface area contributed by atoms with Crippen LogP contribution in [0.25, 0.3) is 11.6 Å². The summed E-state index contributed by atoms with van der Waals surface area (Å²) in [4.78, 5) is 25.2. The smallest absolute Gasteiger partial charge is 0.276 e. The van der Waals surface area contributed by atoms with Crippen molar-refractivity contribution >= 4 is 39.0 Å². The SMILES string of the molecule is CC(CS(=O)(=O)O)OCCN1C(=O)C(=CC=Cc2ccccc2[N+](=O)[O-])c2ccccc21. The van der Waals surface area contributed by atoms with E-state index in [9.17, 15) is 23.3 Å². The fourth-order valence-corrected chi connectivity index (χ4v) is 4.11. The molecule has 1 amide bonds. The summed E-state index contributed by atoms with van der Waals surface area (Å²) in [6, 6.07) is 13.5. The van der Waals surface area contributed by atoms with E-state index < -0.39 is 26.9 Å². The lowest BCUT2D eigenvalue weighted by molar-refractivity contribution is -0.385. The number of hydrogen-bond acceptors (Lipinski definition) is 6. The van der Waals surface area contributed by atoms with Crippen molar-refractivity contribution in [1.29, 1.82) is 0 Å². The average molecular weight is 458 g/mol. The van der Waals surface area contributed by atoms with Crippen LogP contribution in [0, 0.1) is 10.1 Å². The summed E-state index contributed by atoms with van der Waals surface area (Å²) in [5, 5.41) is 11.2. The number of anilines is 1. The number of allylic oxidation sites excluding steroid dienone is 2. The van der Waals surface area contributed by atoms with Gasteiger partial charge in [0.05, 0.1) is 28.9 Å². The summed E-state index contributed by atoms with van der Waals surface area (Å²) < 4.78 is 36.2. The Morgan fingerprint density at radius 3 is 2.59 bits per heavy atom. The summed E-state index contributed by atoms with van der Waals surface area (Å²) in [5.74, 6) is -0.788. The van der Waals surface area contributed by atoms with Gasteiger partial charge in [-0.1, -0.05) is 36.4 Å². The number of nitro benzene ring substituents is 1. The topological polar surface area (TPSA) is 127 Å². The minimum Gasteiger partial charge on any atom is -0.376 e. The van der Waals surface area contributed by atoms with Crippen LogP contribution < -0.4 is 4.90 Å². The van der Waals surface area contributed by atoms with Gasteiger partial charge in [-0.15, -0.1) is 0 Å². The Hall–Kier alpha value is -3.34. The summed E-state index contributed by atoms with van der Waals surface area (Å²) >= 11 is 0. The van der Waals surface area contributed by atoms with Gasteiger partial charge < -0.3 is 9.64 Å². The van der Waals surface area contributed by atoms with Crippen LogP contribution in [-0.2, 0) is 19.6 Å². The summed E-state index contributed by atoms with van der Waals surface area (Å²) in [5.41, 5.74) is 2.23. The van der Waals surface area contributed by atoms with Crippen LogP contribution in [0.3, 0.4) is 0 Å². The van der Waals surface area contributed by atoms with Crippen molar-refractivity contribution in [2.75, 3.05) is 23.8 Å². The maximum absolute atomic E-state index is 13.0. The highest BCUT2D eigenvalue weighted by Gasteiger charge is 2.31. The van der Waals surface area contributed by atoms with Crippen molar-refractivity contribution in [2.45, 2.75) is 13.0 Å². The number of benzene rings is 2. The van der Waals surface area contributed by atoms with E-state index in [1.54, 1.807) is 60.7 Å². The zero-order valence-corrected chi connectivity index (χ0v) is 18.1. The van der Waals surface area contributed by atoms with Crippen molar-refractivity contribution in [3.05, 3.63) is 81.9 Å². The third-order valence-electron chi connectivity index (χ3n) is 4.80. The van der Waals surface area contributed by atoms with Crippen LogP contribution in [0.2, 0.25) is 0 Å². The second-order valence-electron chi connectivity index (χ2n) is 7.16. The maximum Gasteiger partial charge on any atom is 0.276 e. The third kappa shape index (κ3) is 5.67. The molecule has 9 nitrogen and oxygen atoms in total. The molecule has 0 aromatic heterocycles. The molecular weight excluding hydrogens is 436 g/mol. The second kappa shape index (κ2) is 9.86. The molecule has 0 aliphatic carbocycles. The first-order valence-electron chi connectivity index (χ1n) is 9.77. The number of hydrogen-bond donors (Lipinski definition) is 1. The van der Waals surface area contributed by atoms with Gasteiger partial charge in [0.15, 0.2) is 0 Å². The molecule has 0 bridgehead atoms. The Bertz CT molecular complexity index is 1190. The molecule has 3 rings (SSSR count). The van der Waals surface area contributed by atoms with Gasteiger partial charge in [-0.3, -0.25) is 19.5 Å². The zero-order valence-electron chi connectivity index (χ0n) is 17.2. The number of fused-ring (bicyclic) bond motifs is 1. The highest BCUT2D eigenvalue weighted by atomic mass is 32.2. The van der Waals surface area contributed by atoms with Gasteiger partial charge in [0, 0.05) is 23.7 Å². The molecule has 0 spiro atoms. The second-order valence-corrected chi connectivity index (χ2v) is 8.66. The largest absolute Gasteiger partial charge is 0.376 e. The number of ether oxygens (including phenoxy) is 1. The molecule has 0 saturated heterocycles. The fourth-order valence-electron chi connectivity index (χ4n) is 3.42. The normalized spacial score (nSPS) is 16.0. The molecule has 168 valence electrons. The molecule has 1 heterocycles. The molecule has 1 atom stereocenters. The highest BCUT2D eigenvalue weighted by molar-refractivity contribution is 7.85. The van der Waals surface area contributed by atoms with Gasteiger partial charge in [0.25, 0.3) is 21.7 Å². The lowest BCUT2D eigenvalue weighted by Crippen LogP contribution is -2.32. The van der Waals surface area contributed by atoms with Crippen LogP contribution in [0.1, 0.15) is 18.1 Å². The first kappa shape index (κ1) is 23.3. The van der Waals surface area contributed by atoms with E-state index in [4.69, 9.17) is 9.29 Å². The zero-order chi connectivity index (χ0) is 23.3. The summed E-state index contributed by atoms with van der Waals surface area (Å²) in [6.07, 6.45) is 4.06. The number of carbonyl (C=O) groups excluding carboxylic acids is 1. The third-order valence-corrected chi connectivity index (χ3v) is 5.69. The number of rotatable bonds is 9. The van der Waals surface area contributed by atoms with Crippen LogP contribution in [0.4, 0.5) is 11.4 Å². The molecule has 0 saturated carbocycles. The van der Waals surface area contributed by atoms with E-state index in [2.05, 4.69) is 0 Å². The fraction of sp³-hybridized carbons (Fsp3) is 0.227. The Morgan fingerprint density at radius 1 is 1.19 bits per heavy atom. The van der Waals surface area contributed by atoms with Crippen molar-refractivity contribution in [1.82, 2.24) is 0 Å². The van der Waals surface area contributed by atoms with E-state index in [0.29, 0.717) is 16.8 Å². The Morgan fingerprint density at radius 2 is 1.88 bits per heavy atom. The average Bonchev–Trinajstić information content (AvgIpc) is 2.98. The molecule has 0 radical (unpaired) electrons. The van der Waals surface area contributed by atoms with E-state index >= 15 is 0 Å².